The predicted octanol–water partition coefficient (Wildman–Crippen LogP) is 4.97. The van der Waals surface area contributed by atoms with Crippen molar-refractivity contribution in [1.82, 2.24) is 14.8 Å². The number of carbonyl (C=O) groups excluding carboxylic acids is 2. The first-order valence-electron chi connectivity index (χ1n) is 10.5. The van der Waals surface area contributed by atoms with Crippen molar-refractivity contribution in [3.8, 4) is 16.9 Å². The van der Waals surface area contributed by atoms with Gasteiger partial charge in [-0.25, -0.2) is 9.67 Å². The van der Waals surface area contributed by atoms with E-state index in [0.717, 1.165) is 33.9 Å². The summed E-state index contributed by atoms with van der Waals surface area (Å²) in [5.74, 6) is -0.462. The summed E-state index contributed by atoms with van der Waals surface area (Å²) in [7, 11) is 1.39. The molecule has 0 aliphatic rings. The Balaban J connectivity index is 1.46. The molecule has 1 N–H and O–H groups in total. The van der Waals surface area contributed by atoms with Crippen molar-refractivity contribution in [3.05, 3.63) is 82.5 Å². The topological polar surface area (TPSA) is 86.1 Å². The van der Waals surface area contributed by atoms with Crippen LogP contribution in [0.2, 0.25) is 0 Å². The Labute approximate surface area is 196 Å². The van der Waals surface area contributed by atoms with Crippen LogP contribution >= 0.6 is 11.3 Å². The molecule has 0 radical (unpaired) electrons. The summed E-state index contributed by atoms with van der Waals surface area (Å²) in [4.78, 5) is 28.7. The third kappa shape index (κ3) is 5.01. The summed E-state index contributed by atoms with van der Waals surface area (Å²) in [6.07, 6.45) is 0.884. The van der Waals surface area contributed by atoms with Gasteiger partial charge in [0.25, 0.3) is 5.91 Å². The van der Waals surface area contributed by atoms with Crippen LogP contribution in [0.5, 0.6) is 0 Å². The molecule has 168 valence electrons. The number of amides is 1. The summed E-state index contributed by atoms with van der Waals surface area (Å²) < 4.78 is 6.57. The number of aryl methyl sites for hydroxylation is 1. The molecule has 7 nitrogen and oxygen atoms in total. The Morgan fingerprint density at radius 2 is 1.79 bits per heavy atom. The minimum atomic E-state index is -0.243. The number of benzene rings is 2. The molecule has 0 saturated heterocycles. The largest absolute Gasteiger partial charge is 0.469 e. The molecule has 4 rings (SSSR count). The molecule has 0 bridgehead atoms. The number of aromatic nitrogens is 3. The van der Waals surface area contributed by atoms with Gasteiger partial charge in [-0.1, -0.05) is 30.3 Å². The smallest absolute Gasteiger partial charge is 0.305 e. The third-order valence-electron chi connectivity index (χ3n) is 5.42. The molecule has 2 heterocycles. The van der Waals surface area contributed by atoms with E-state index in [-0.39, 0.29) is 11.9 Å². The highest BCUT2D eigenvalue weighted by Crippen LogP contribution is 2.25. The molecule has 0 spiro atoms. The SMILES string of the molecule is COC(=O)CCc1c(C)nn(-c2ccc(C(=O)Nc3nc(-c4ccccc4)cs3)cc2)c1C. The molecule has 0 unspecified atom stereocenters. The fraction of sp³-hybridized carbons (Fsp3) is 0.200. The van der Waals surface area contributed by atoms with Crippen molar-refractivity contribution in [2.24, 2.45) is 0 Å². The number of nitrogens with zero attached hydrogens (tertiary/aromatic N) is 3. The van der Waals surface area contributed by atoms with Crippen LogP contribution in [0.1, 0.15) is 33.7 Å². The number of thiazole rings is 1. The van der Waals surface area contributed by atoms with Crippen LogP contribution in [0.15, 0.2) is 60.0 Å². The van der Waals surface area contributed by atoms with Crippen molar-refractivity contribution in [2.75, 3.05) is 12.4 Å². The standard InChI is InChI=1S/C25H24N4O3S/c1-16-21(13-14-23(30)32-3)17(2)29(28-16)20-11-9-19(10-12-20)24(31)27-25-26-22(15-33-25)18-7-5-4-6-8-18/h4-12,15H,13-14H2,1-3H3,(H,26,27,31). The van der Waals surface area contributed by atoms with Gasteiger partial charge in [-0.15, -0.1) is 11.3 Å². The van der Waals surface area contributed by atoms with Gasteiger partial charge in [-0.05, 0) is 50.1 Å². The van der Waals surface area contributed by atoms with Gasteiger partial charge in [0.05, 0.1) is 24.2 Å². The van der Waals surface area contributed by atoms with E-state index in [1.807, 2.05) is 66.4 Å². The van der Waals surface area contributed by atoms with Crippen LogP contribution in [0, 0.1) is 13.8 Å². The lowest BCUT2D eigenvalue weighted by molar-refractivity contribution is -0.140. The number of nitrogens with one attached hydrogen (secondary N) is 1. The Kier molecular flexibility index (Phi) is 6.65. The zero-order valence-electron chi connectivity index (χ0n) is 18.7. The molecular formula is C25H24N4O3S. The van der Waals surface area contributed by atoms with Gasteiger partial charge in [0.2, 0.25) is 0 Å². The zero-order valence-corrected chi connectivity index (χ0v) is 19.5. The second kappa shape index (κ2) is 9.79. The summed E-state index contributed by atoms with van der Waals surface area (Å²) in [6.45, 7) is 3.90. The lowest BCUT2D eigenvalue weighted by atomic mass is 10.1. The molecule has 2 aromatic carbocycles. The molecule has 0 fully saturated rings. The highest BCUT2D eigenvalue weighted by atomic mass is 32.1. The maximum atomic E-state index is 12.7. The second-order valence-electron chi connectivity index (χ2n) is 7.54. The molecule has 4 aromatic rings. The molecule has 33 heavy (non-hydrogen) atoms. The number of esters is 1. The maximum Gasteiger partial charge on any atom is 0.305 e. The van der Waals surface area contributed by atoms with E-state index in [9.17, 15) is 9.59 Å². The first kappa shape index (κ1) is 22.4. The molecule has 1 amide bonds. The van der Waals surface area contributed by atoms with Gasteiger partial charge in [-0.3, -0.25) is 14.9 Å². The van der Waals surface area contributed by atoms with Crippen LogP contribution in [0.4, 0.5) is 5.13 Å². The Morgan fingerprint density at radius 1 is 1.06 bits per heavy atom. The minimum absolute atomic E-state index is 0.220. The molecule has 2 aromatic heterocycles. The maximum absolute atomic E-state index is 12.7. The molecule has 0 aliphatic heterocycles. The minimum Gasteiger partial charge on any atom is -0.469 e. The summed E-state index contributed by atoms with van der Waals surface area (Å²) >= 11 is 1.39. The predicted molar refractivity (Wildman–Crippen MR) is 129 cm³/mol. The number of rotatable bonds is 7. The fourth-order valence-corrected chi connectivity index (χ4v) is 4.33. The fourth-order valence-electron chi connectivity index (χ4n) is 3.61. The monoisotopic (exact) mass is 460 g/mol. The van der Waals surface area contributed by atoms with E-state index in [1.165, 1.54) is 18.4 Å². The van der Waals surface area contributed by atoms with Crippen LogP contribution in [0.25, 0.3) is 16.9 Å². The van der Waals surface area contributed by atoms with Crippen molar-refractivity contribution in [3.63, 3.8) is 0 Å². The van der Waals surface area contributed by atoms with E-state index in [2.05, 4.69) is 15.4 Å². The first-order valence-corrected chi connectivity index (χ1v) is 11.4. The average molecular weight is 461 g/mol. The summed E-state index contributed by atoms with van der Waals surface area (Å²) in [5, 5.41) is 9.96. The number of hydrogen-bond donors (Lipinski definition) is 1. The molecule has 0 atom stereocenters. The highest BCUT2D eigenvalue weighted by Gasteiger charge is 2.15. The summed E-state index contributed by atoms with van der Waals surface area (Å²) in [6, 6.07) is 17.1. The number of methoxy groups -OCH3 is 1. The van der Waals surface area contributed by atoms with E-state index >= 15 is 0 Å². The van der Waals surface area contributed by atoms with Crippen molar-refractivity contribution < 1.29 is 14.3 Å². The Morgan fingerprint density at radius 3 is 2.48 bits per heavy atom. The zero-order chi connectivity index (χ0) is 23.4. The quantitative estimate of drug-likeness (QED) is 0.394. The van der Waals surface area contributed by atoms with Gasteiger partial charge < -0.3 is 4.74 Å². The Bertz CT molecular complexity index is 1280. The normalized spacial score (nSPS) is 10.8. The van der Waals surface area contributed by atoms with Gasteiger partial charge in [-0.2, -0.15) is 5.10 Å². The first-order chi connectivity index (χ1) is 16.0. The van der Waals surface area contributed by atoms with Gasteiger partial charge >= 0.3 is 5.97 Å². The molecule has 0 saturated carbocycles. The van der Waals surface area contributed by atoms with Crippen molar-refractivity contribution in [1.29, 1.82) is 0 Å². The Hall–Kier alpha value is -3.78. The summed E-state index contributed by atoms with van der Waals surface area (Å²) in [5.41, 5.74) is 6.08. The van der Waals surface area contributed by atoms with Crippen LogP contribution in [0.3, 0.4) is 0 Å². The molecule has 0 aliphatic carbocycles. The lowest BCUT2D eigenvalue weighted by Gasteiger charge is -2.07. The average Bonchev–Trinajstić information content (AvgIpc) is 3.42. The van der Waals surface area contributed by atoms with Gasteiger partial charge in [0, 0.05) is 28.6 Å². The van der Waals surface area contributed by atoms with Crippen LogP contribution in [-0.4, -0.2) is 33.8 Å². The number of ether oxygens (including phenoxy) is 1. The van der Waals surface area contributed by atoms with Crippen molar-refractivity contribution >= 4 is 28.3 Å². The van der Waals surface area contributed by atoms with Crippen molar-refractivity contribution in [2.45, 2.75) is 26.7 Å². The second-order valence-corrected chi connectivity index (χ2v) is 8.40. The number of hydrogen-bond acceptors (Lipinski definition) is 6. The lowest BCUT2D eigenvalue weighted by Crippen LogP contribution is -2.12. The van der Waals surface area contributed by atoms with E-state index in [4.69, 9.17) is 4.74 Å². The van der Waals surface area contributed by atoms with Gasteiger partial charge in [0.15, 0.2) is 5.13 Å². The number of anilines is 1. The third-order valence-corrected chi connectivity index (χ3v) is 6.17. The van der Waals surface area contributed by atoms with E-state index in [0.29, 0.717) is 23.5 Å². The highest BCUT2D eigenvalue weighted by molar-refractivity contribution is 7.14. The molecule has 8 heteroatoms. The van der Waals surface area contributed by atoms with E-state index < -0.39 is 0 Å². The van der Waals surface area contributed by atoms with Gasteiger partial charge in [0.1, 0.15) is 0 Å². The van der Waals surface area contributed by atoms with Crippen LogP contribution < -0.4 is 5.32 Å². The van der Waals surface area contributed by atoms with E-state index in [1.54, 1.807) is 12.1 Å². The van der Waals surface area contributed by atoms with Crippen LogP contribution in [-0.2, 0) is 16.0 Å². The number of carbonyl (C=O) groups is 2. The molecular weight excluding hydrogens is 436 g/mol.